The molecule has 0 unspecified atom stereocenters. The Morgan fingerprint density at radius 2 is 1.45 bits per heavy atom. The van der Waals surface area contributed by atoms with Gasteiger partial charge in [0.15, 0.2) is 0 Å². The highest BCUT2D eigenvalue weighted by molar-refractivity contribution is 7.79. The molecule has 0 aromatic heterocycles. The van der Waals surface area contributed by atoms with Crippen molar-refractivity contribution in [2.45, 2.75) is 13.8 Å². The molecule has 6 nitrogen and oxygen atoms in total. The molecule has 7 heteroatoms. The minimum Gasteiger partial charge on any atom is -0.269 e. The number of hydrazine groups is 1. The van der Waals surface area contributed by atoms with Crippen LogP contribution in [0.4, 0.5) is 0 Å². The fourth-order valence-electron chi connectivity index (χ4n) is 0.224. The van der Waals surface area contributed by atoms with Gasteiger partial charge in [-0.25, -0.2) is 5.01 Å². The van der Waals surface area contributed by atoms with E-state index in [1.165, 1.54) is 0 Å². The SMILES string of the molecule is CCN(N)CC.O=S(=O)(O)O. The van der Waals surface area contributed by atoms with Gasteiger partial charge in [-0.3, -0.25) is 14.9 Å². The molecule has 0 aliphatic heterocycles. The molecule has 0 aliphatic carbocycles. The number of rotatable bonds is 2. The van der Waals surface area contributed by atoms with Gasteiger partial charge in [-0.2, -0.15) is 8.42 Å². The molecule has 0 bridgehead atoms. The second-order valence-electron chi connectivity index (χ2n) is 1.67. The Morgan fingerprint density at radius 3 is 1.45 bits per heavy atom. The van der Waals surface area contributed by atoms with Crippen molar-refractivity contribution >= 4 is 10.4 Å². The summed E-state index contributed by atoms with van der Waals surface area (Å²) in [5.74, 6) is 5.31. The highest BCUT2D eigenvalue weighted by Crippen LogP contribution is 1.68. The molecule has 0 saturated heterocycles. The van der Waals surface area contributed by atoms with Crippen molar-refractivity contribution in [3.05, 3.63) is 0 Å². The van der Waals surface area contributed by atoms with Gasteiger partial charge in [0.1, 0.15) is 0 Å². The van der Waals surface area contributed by atoms with E-state index in [9.17, 15) is 0 Å². The average Bonchev–Trinajstić information content (AvgIpc) is 1.83. The molecule has 0 aromatic rings. The molecule has 0 amide bonds. The second kappa shape index (κ2) is 6.50. The lowest BCUT2D eigenvalue weighted by Gasteiger charge is -2.07. The van der Waals surface area contributed by atoms with Gasteiger partial charge in [0.05, 0.1) is 0 Å². The Morgan fingerprint density at radius 1 is 1.27 bits per heavy atom. The van der Waals surface area contributed by atoms with Gasteiger partial charge >= 0.3 is 10.4 Å². The molecule has 0 radical (unpaired) electrons. The summed E-state index contributed by atoms with van der Waals surface area (Å²) in [6, 6.07) is 0. The van der Waals surface area contributed by atoms with Crippen molar-refractivity contribution in [2.24, 2.45) is 5.84 Å². The largest absolute Gasteiger partial charge is 0.394 e. The summed E-state index contributed by atoms with van der Waals surface area (Å²) in [7, 11) is -4.67. The van der Waals surface area contributed by atoms with Crippen LogP contribution in [0.25, 0.3) is 0 Å². The second-order valence-corrected chi connectivity index (χ2v) is 2.56. The monoisotopic (exact) mass is 186 g/mol. The van der Waals surface area contributed by atoms with Crippen LogP contribution in [0.1, 0.15) is 13.8 Å². The van der Waals surface area contributed by atoms with E-state index in [0.29, 0.717) is 0 Å². The zero-order valence-corrected chi connectivity index (χ0v) is 7.37. The van der Waals surface area contributed by atoms with E-state index >= 15 is 0 Å². The minimum atomic E-state index is -4.67. The summed E-state index contributed by atoms with van der Waals surface area (Å²) < 4.78 is 31.6. The van der Waals surface area contributed by atoms with Gasteiger partial charge in [0.2, 0.25) is 0 Å². The van der Waals surface area contributed by atoms with Gasteiger partial charge in [-0.15, -0.1) is 0 Å². The van der Waals surface area contributed by atoms with Crippen molar-refractivity contribution in [2.75, 3.05) is 13.1 Å². The number of hydrogen-bond donors (Lipinski definition) is 3. The van der Waals surface area contributed by atoms with E-state index < -0.39 is 10.4 Å². The Balaban J connectivity index is 0. The number of nitrogens with two attached hydrogens (primary N) is 1. The normalized spacial score (nSPS) is 10.7. The van der Waals surface area contributed by atoms with Gasteiger partial charge < -0.3 is 0 Å². The predicted molar refractivity (Wildman–Crippen MR) is 41.3 cm³/mol. The molecular formula is C4H14N2O4S. The average molecular weight is 186 g/mol. The summed E-state index contributed by atoms with van der Waals surface area (Å²) >= 11 is 0. The fraction of sp³-hybridized carbons (Fsp3) is 1.00. The van der Waals surface area contributed by atoms with E-state index in [1.807, 2.05) is 13.8 Å². The quantitative estimate of drug-likeness (QED) is 0.306. The summed E-state index contributed by atoms with van der Waals surface area (Å²) in [4.78, 5) is 0. The topological polar surface area (TPSA) is 104 Å². The minimum absolute atomic E-state index is 0.941. The number of hydrogen-bond acceptors (Lipinski definition) is 4. The van der Waals surface area contributed by atoms with Crippen molar-refractivity contribution in [1.82, 2.24) is 5.01 Å². The third-order valence-electron chi connectivity index (χ3n) is 0.812. The predicted octanol–water partition coefficient (Wildman–Crippen LogP) is -0.451. The lowest BCUT2D eigenvalue weighted by atomic mass is 10.6. The summed E-state index contributed by atoms with van der Waals surface area (Å²) in [6.45, 7) is 5.94. The first kappa shape index (κ1) is 13.4. The highest BCUT2D eigenvalue weighted by atomic mass is 32.3. The molecule has 0 aromatic carbocycles. The molecule has 0 fully saturated rings. The smallest absolute Gasteiger partial charge is 0.269 e. The van der Waals surface area contributed by atoms with Crippen LogP contribution in [0.15, 0.2) is 0 Å². The maximum absolute atomic E-state index is 8.74. The van der Waals surface area contributed by atoms with Crippen LogP contribution in [0.3, 0.4) is 0 Å². The van der Waals surface area contributed by atoms with Crippen LogP contribution >= 0.6 is 0 Å². The molecule has 0 rings (SSSR count). The first-order valence-electron chi connectivity index (χ1n) is 3.00. The highest BCUT2D eigenvalue weighted by Gasteiger charge is 1.84. The summed E-state index contributed by atoms with van der Waals surface area (Å²) in [5.41, 5.74) is 0. The standard InChI is InChI=1S/C4H12N2.H2O4S/c1-3-6(5)4-2;1-5(2,3)4/h3-5H2,1-2H3;(H2,1,2,3,4). The van der Waals surface area contributed by atoms with Gasteiger partial charge in [0.25, 0.3) is 0 Å². The molecule has 0 heterocycles. The van der Waals surface area contributed by atoms with Crippen LogP contribution in [0.2, 0.25) is 0 Å². The summed E-state index contributed by atoms with van der Waals surface area (Å²) in [6.07, 6.45) is 0. The fourth-order valence-corrected chi connectivity index (χ4v) is 0.224. The van der Waals surface area contributed by atoms with Crippen LogP contribution in [-0.2, 0) is 10.4 Å². The maximum atomic E-state index is 8.74. The lowest BCUT2D eigenvalue weighted by molar-refractivity contribution is 0.316. The number of nitrogens with zero attached hydrogens (tertiary/aromatic N) is 1. The van der Waals surface area contributed by atoms with Gasteiger partial charge in [-0.05, 0) is 0 Å². The van der Waals surface area contributed by atoms with E-state index in [1.54, 1.807) is 5.01 Å². The van der Waals surface area contributed by atoms with E-state index in [0.717, 1.165) is 13.1 Å². The first-order valence-corrected chi connectivity index (χ1v) is 4.40. The molecule has 11 heavy (non-hydrogen) atoms. The molecular weight excluding hydrogens is 172 g/mol. The van der Waals surface area contributed by atoms with Crippen LogP contribution in [-0.4, -0.2) is 35.6 Å². The summed E-state index contributed by atoms with van der Waals surface area (Å²) in [5, 5.41) is 1.75. The van der Waals surface area contributed by atoms with Crippen LogP contribution in [0.5, 0.6) is 0 Å². The van der Waals surface area contributed by atoms with Crippen molar-refractivity contribution < 1.29 is 17.5 Å². The Labute approximate surface area is 66.5 Å². The third-order valence-corrected chi connectivity index (χ3v) is 0.812. The van der Waals surface area contributed by atoms with Crippen LogP contribution < -0.4 is 5.84 Å². The Bertz CT molecular complexity index is 155. The molecule has 0 spiro atoms. The van der Waals surface area contributed by atoms with Crippen LogP contribution in [0, 0.1) is 0 Å². The maximum Gasteiger partial charge on any atom is 0.394 e. The van der Waals surface area contributed by atoms with E-state index in [4.69, 9.17) is 23.4 Å². The van der Waals surface area contributed by atoms with E-state index in [-0.39, 0.29) is 0 Å². The Kier molecular flexibility index (Phi) is 7.91. The van der Waals surface area contributed by atoms with Gasteiger partial charge in [0, 0.05) is 13.1 Å². The lowest BCUT2D eigenvalue weighted by Crippen LogP contribution is -2.29. The molecule has 0 aliphatic rings. The van der Waals surface area contributed by atoms with E-state index in [2.05, 4.69) is 0 Å². The van der Waals surface area contributed by atoms with Crippen molar-refractivity contribution in [3.8, 4) is 0 Å². The first-order chi connectivity index (χ1) is 4.81. The molecule has 70 valence electrons. The zero-order chi connectivity index (χ0) is 9.49. The molecule has 0 atom stereocenters. The van der Waals surface area contributed by atoms with Crippen molar-refractivity contribution in [3.63, 3.8) is 0 Å². The molecule has 0 saturated carbocycles. The molecule has 4 N–H and O–H groups in total. The zero-order valence-electron chi connectivity index (χ0n) is 6.56. The van der Waals surface area contributed by atoms with Crippen molar-refractivity contribution in [1.29, 1.82) is 0 Å². The third kappa shape index (κ3) is 41.4. The Hall–Kier alpha value is -0.210. The van der Waals surface area contributed by atoms with Gasteiger partial charge in [-0.1, -0.05) is 13.8 Å².